The molecule has 142 valence electrons. The van der Waals surface area contributed by atoms with E-state index in [-0.39, 0.29) is 24.4 Å². The Balaban J connectivity index is 1.51. The van der Waals surface area contributed by atoms with Gasteiger partial charge >= 0.3 is 0 Å². The topological polar surface area (TPSA) is 54.5 Å². The summed E-state index contributed by atoms with van der Waals surface area (Å²) in [5.74, 6) is 0.0474. The summed E-state index contributed by atoms with van der Waals surface area (Å²) in [6.45, 7) is 0. The second-order valence-corrected chi connectivity index (χ2v) is 10.0. The fourth-order valence-electron chi connectivity index (χ4n) is 4.49. The number of rotatable bonds is 4. The lowest BCUT2D eigenvalue weighted by atomic mass is 10.0. The number of nitrogens with zero attached hydrogens (tertiary/aromatic N) is 1. The molecule has 2 aliphatic heterocycles. The summed E-state index contributed by atoms with van der Waals surface area (Å²) in [5.41, 5.74) is 0.822. The van der Waals surface area contributed by atoms with E-state index in [4.69, 9.17) is 11.6 Å². The SMILES string of the molecule is O=C(Cc1ccccc1Cl)N1[C@@H]2CC[C@@H]1CC(S(=O)(=O)c1ccccc1)C2. The maximum absolute atomic E-state index is 13.0. The highest BCUT2D eigenvalue weighted by Crippen LogP contribution is 2.40. The Morgan fingerprint density at radius 1 is 0.963 bits per heavy atom. The lowest BCUT2D eigenvalue weighted by Crippen LogP contribution is -2.50. The number of hydrogen-bond donors (Lipinski definition) is 0. The van der Waals surface area contributed by atoms with E-state index >= 15 is 0 Å². The molecule has 4 rings (SSSR count). The first-order valence-corrected chi connectivity index (χ1v) is 11.2. The Hall–Kier alpha value is -1.85. The van der Waals surface area contributed by atoms with Gasteiger partial charge in [-0.15, -0.1) is 0 Å². The third-order valence-electron chi connectivity index (χ3n) is 5.79. The molecular weight excluding hydrogens is 382 g/mol. The fourth-order valence-corrected chi connectivity index (χ4v) is 6.56. The first kappa shape index (κ1) is 18.5. The summed E-state index contributed by atoms with van der Waals surface area (Å²) in [5, 5.41) is 0.182. The van der Waals surface area contributed by atoms with Crippen molar-refractivity contribution in [2.24, 2.45) is 0 Å². The predicted molar refractivity (Wildman–Crippen MR) is 105 cm³/mol. The standard InChI is InChI=1S/C21H22ClNO3S/c22-20-9-5-4-6-15(20)12-21(24)23-16-10-11-17(23)14-19(13-16)27(25,26)18-7-2-1-3-8-18/h1-9,16-17,19H,10-14H2/t16-,17-/m1/s1. The summed E-state index contributed by atoms with van der Waals surface area (Å²) < 4.78 is 26.0. The van der Waals surface area contributed by atoms with Crippen molar-refractivity contribution in [3.63, 3.8) is 0 Å². The van der Waals surface area contributed by atoms with Gasteiger partial charge in [0.25, 0.3) is 0 Å². The molecule has 4 nitrogen and oxygen atoms in total. The number of carbonyl (C=O) groups excluding carboxylic acids is 1. The van der Waals surface area contributed by atoms with Crippen molar-refractivity contribution in [1.29, 1.82) is 0 Å². The van der Waals surface area contributed by atoms with Crippen LogP contribution in [0.2, 0.25) is 5.02 Å². The third-order valence-corrected chi connectivity index (χ3v) is 8.35. The maximum Gasteiger partial charge on any atom is 0.227 e. The van der Waals surface area contributed by atoms with Gasteiger partial charge in [-0.3, -0.25) is 4.79 Å². The van der Waals surface area contributed by atoms with Crippen LogP contribution >= 0.6 is 11.6 Å². The number of carbonyl (C=O) groups is 1. The van der Waals surface area contributed by atoms with E-state index in [9.17, 15) is 13.2 Å². The Morgan fingerprint density at radius 2 is 1.56 bits per heavy atom. The smallest absolute Gasteiger partial charge is 0.227 e. The van der Waals surface area contributed by atoms with Crippen molar-refractivity contribution in [1.82, 2.24) is 4.90 Å². The van der Waals surface area contributed by atoms with Gasteiger partial charge in [-0.05, 0) is 49.4 Å². The maximum atomic E-state index is 13.0. The van der Waals surface area contributed by atoms with Crippen LogP contribution < -0.4 is 0 Å². The summed E-state index contributed by atoms with van der Waals surface area (Å²) in [6.07, 6.45) is 3.05. The van der Waals surface area contributed by atoms with Gasteiger partial charge in [-0.2, -0.15) is 0 Å². The van der Waals surface area contributed by atoms with Crippen LogP contribution in [0.15, 0.2) is 59.5 Å². The number of piperidine rings is 1. The van der Waals surface area contributed by atoms with Crippen LogP contribution in [0.1, 0.15) is 31.2 Å². The zero-order valence-electron chi connectivity index (χ0n) is 14.9. The average Bonchev–Trinajstić information content (AvgIpc) is 2.94. The number of fused-ring (bicyclic) bond motifs is 2. The van der Waals surface area contributed by atoms with Crippen LogP contribution in [0.3, 0.4) is 0 Å². The number of hydrogen-bond acceptors (Lipinski definition) is 3. The molecule has 2 fully saturated rings. The van der Waals surface area contributed by atoms with Gasteiger partial charge in [-0.25, -0.2) is 8.42 Å². The van der Waals surface area contributed by atoms with Crippen LogP contribution in [-0.2, 0) is 21.1 Å². The Bertz CT molecular complexity index is 931. The zero-order valence-corrected chi connectivity index (χ0v) is 16.5. The molecule has 2 saturated heterocycles. The van der Waals surface area contributed by atoms with Crippen molar-refractivity contribution in [3.05, 3.63) is 65.2 Å². The largest absolute Gasteiger partial charge is 0.336 e. The van der Waals surface area contributed by atoms with Gasteiger partial charge in [0.2, 0.25) is 5.91 Å². The quantitative estimate of drug-likeness (QED) is 0.778. The average molecular weight is 404 g/mol. The first-order valence-electron chi connectivity index (χ1n) is 9.30. The van der Waals surface area contributed by atoms with E-state index < -0.39 is 15.1 Å². The van der Waals surface area contributed by atoms with Crippen molar-refractivity contribution in [3.8, 4) is 0 Å². The monoisotopic (exact) mass is 403 g/mol. The molecule has 0 spiro atoms. The highest BCUT2D eigenvalue weighted by molar-refractivity contribution is 7.92. The molecule has 0 radical (unpaired) electrons. The van der Waals surface area contributed by atoms with Crippen molar-refractivity contribution in [2.75, 3.05) is 0 Å². The molecule has 27 heavy (non-hydrogen) atoms. The number of sulfone groups is 1. The van der Waals surface area contributed by atoms with Gasteiger partial charge in [0, 0.05) is 17.1 Å². The summed E-state index contributed by atoms with van der Waals surface area (Å²) in [4.78, 5) is 15.2. The number of amides is 1. The van der Waals surface area contributed by atoms with Crippen molar-refractivity contribution >= 4 is 27.3 Å². The molecule has 2 atom stereocenters. The lowest BCUT2D eigenvalue weighted by molar-refractivity contribution is -0.134. The summed E-state index contributed by atoms with van der Waals surface area (Å²) >= 11 is 6.20. The molecule has 2 aliphatic rings. The number of halogens is 1. The van der Waals surface area contributed by atoms with Crippen molar-refractivity contribution in [2.45, 2.75) is 54.3 Å². The van der Waals surface area contributed by atoms with Gasteiger partial charge < -0.3 is 4.90 Å². The van der Waals surface area contributed by atoms with Gasteiger partial charge in [-0.1, -0.05) is 48.0 Å². The van der Waals surface area contributed by atoms with Gasteiger partial charge in [0.1, 0.15) is 0 Å². The van der Waals surface area contributed by atoms with Crippen molar-refractivity contribution < 1.29 is 13.2 Å². The molecule has 0 aliphatic carbocycles. The number of benzene rings is 2. The molecule has 1 amide bonds. The molecule has 2 bridgehead atoms. The second kappa shape index (κ2) is 7.28. The van der Waals surface area contributed by atoms with E-state index in [1.54, 1.807) is 30.3 Å². The molecule has 0 N–H and O–H groups in total. The summed E-state index contributed by atoms with van der Waals surface area (Å²) in [7, 11) is -3.36. The minimum atomic E-state index is -3.36. The molecule has 0 aromatic heterocycles. The fraction of sp³-hybridized carbons (Fsp3) is 0.381. The normalized spacial score (nSPS) is 24.8. The van der Waals surface area contributed by atoms with E-state index in [1.807, 2.05) is 29.2 Å². The molecule has 0 saturated carbocycles. The lowest BCUT2D eigenvalue weighted by Gasteiger charge is -2.38. The molecule has 6 heteroatoms. The highest BCUT2D eigenvalue weighted by Gasteiger charge is 2.46. The second-order valence-electron chi connectivity index (χ2n) is 7.41. The van der Waals surface area contributed by atoms with Crippen LogP contribution in [0, 0.1) is 0 Å². The van der Waals surface area contributed by atoms with Gasteiger partial charge in [0.05, 0.1) is 16.6 Å². The van der Waals surface area contributed by atoms with Crippen LogP contribution in [0.4, 0.5) is 0 Å². The molecule has 2 aromatic carbocycles. The van der Waals surface area contributed by atoms with E-state index in [2.05, 4.69) is 0 Å². The molecule has 0 unspecified atom stereocenters. The van der Waals surface area contributed by atoms with E-state index in [1.165, 1.54) is 0 Å². The minimum absolute atomic E-state index is 0.00206. The first-order chi connectivity index (χ1) is 13.0. The van der Waals surface area contributed by atoms with E-state index in [0.717, 1.165) is 18.4 Å². The Labute approximate surface area is 165 Å². The summed E-state index contributed by atoms with van der Waals surface area (Å²) in [6, 6.07) is 16.0. The van der Waals surface area contributed by atoms with Crippen LogP contribution in [0.25, 0.3) is 0 Å². The Morgan fingerprint density at radius 3 is 2.19 bits per heavy atom. The van der Waals surface area contributed by atoms with E-state index in [0.29, 0.717) is 22.8 Å². The minimum Gasteiger partial charge on any atom is -0.336 e. The van der Waals surface area contributed by atoms with Gasteiger partial charge in [0.15, 0.2) is 9.84 Å². The molecule has 2 aromatic rings. The van der Waals surface area contributed by atoms with Crippen LogP contribution in [-0.4, -0.2) is 36.6 Å². The van der Waals surface area contributed by atoms with Crippen LogP contribution in [0.5, 0.6) is 0 Å². The third kappa shape index (κ3) is 3.50. The zero-order chi connectivity index (χ0) is 19.0. The highest BCUT2D eigenvalue weighted by atomic mass is 35.5. The predicted octanol–water partition coefficient (Wildman–Crippen LogP) is 3.88. The Kier molecular flexibility index (Phi) is 4.99. The molecular formula is C21H22ClNO3S. The molecule has 2 heterocycles.